The Balaban J connectivity index is 1.91. The predicted molar refractivity (Wildman–Crippen MR) is 81.2 cm³/mol. The number of non-ortho nitro benzene ring substituents is 1. The number of ketones is 1. The van der Waals surface area contributed by atoms with E-state index in [4.69, 9.17) is 4.74 Å². The Hall–Kier alpha value is -2.05. The molecule has 108 valence electrons. The Morgan fingerprint density at radius 1 is 1.19 bits per heavy atom. The second kappa shape index (κ2) is 7.10. The summed E-state index contributed by atoms with van der Waals surface area (Å²) >= 11 is 3.34. The van der Waals surface area contributed by atoms with Gasteiger partial charge in [0.15, 0.2) is 5.78 Å². The highest BCUT2D eigenvalue weighted by molar-refractivity contribution is 9.10. The van der Waals surface area contributed by atoms with Crippen LogP contribution in [0.3, 0.4) is 0 Å². The van der Waals surface area contributed by atoms with Gasteiger partial charge in [0.25, 0.3) is 5.69 Å². The smallest absolute Gasteiger partial charge is 0.270 e. The average Bonchev–Trinajstić information content (AvgIpc) is 2.49. The molecule has 2 aromatic carbocycles. The zero-order valence-electron chi connectivity index (χ0n) is 11.0. The second-order valence-corrected chi connectivity index (χ2v) is 5.27. The Kier molecular flexibility index (Phi) is 5.19. The van der Waals surface area contributed by atoms with E-state index >= 15 is 0 Å². The Bertz CT molecular complexity index is 655. The van der Waals surface area contributed by atoms with E-state index in [0.29, 0.717) is 6.61 Å². The van der Waals surface area contributed by atoms with Gasteiger partial charge in [-0.05, 0) is 17.7 Å². The lowest BCUT2D eigenvalue weighted by Crippen LogP contribution is -2.09. The van der Waals surface area contributed by atoms with Crippen molar-refractivity contribution in [2.45, 2.75) is 6.61 Å². The van der Waals surface area contributed by atoms with E-state index < -0.39 is 4.92 Å². The van der Waals surface area contributed by atoms with Crippen molar-refractivity contribution in [3.05, 3.63) is 74.2 Å². The highest BCUT2D eigenvalue weighted by Crippen LogP contribution is 2.14. The van der Waals surface area contributed by atoms with Crippen LogP contribution in [0.15, 0.2) is 53.0 Å². The fraction of sp³-hybridized carbons (Fsp3) is 0.133. The van der Waals surface area contributed by atoms with Crippen LogP contribution in [-0.2, 0) is 11.3 Å². The molecule has 0 amide bonds. The fourth-order valence-corrected chi connectivity index (χ4v) is 1.98. The van der Waals surface area contributed by atoms with E-state index in [9.17, 15) is 14.9 Å². The highest BCUT2D eigenvalue weighted by Gasteiger charge is 2.11. The summed E-state index contributed by atoms with van der Waals surface area (Å²) in [4.78, 5) is 22.0. The largest absolute Gasteiger partial charge is 0.369 e. The number of hydrogen-bond donors (Lipinski definition) is 0. The molecule has 5 nitrogen and oxygen atoms in total. The minimum absolute atomic E-state index is 0.103. The van der Waals surface area contributed by atoms with Crippen molar-refractivity contribution in [1.29, 1.82) is 0 Å². The third kappa shape index (κ3) is 4.47. The first-order chi connectivity index (χ1) is 10.1. The highest BCUT2D eigenvalue weighted by atomic mass is 79.9. The van der Waals surface area contributed by atoms with Crippen LogP contribution in [0, 0.1) is 10.1 Å². The second-order valence-electron chi connectivity index (χ2n) is 4.35. The first kappa shape index (κ1) is 15.3. The third-order valence-corrected chi connectivity index (χ3v) is 3.32. The van der Waals surface area contributed by atoms with Gasteiger partial charge in [0.1, 0.15) is 6.61 Å². The summed E-state index contributed by atoms with van der Waals surface area (Å²) in [5.74, 6) is -0.282. The molecule has 0 spiro atoms. The molecular formula is C15H12BrNO4. The summed E-state index contributed by atoms with van der Waals surface area (Å²) in [7, 11) is 0. The van der Waals surface area contributed by atoms with E-state index in [1.807, 2.05) is 24.3 Å². The first-order valence-corrected chi connectivity index (χ1v) is 6.95. The Morgan fingerprint density at radius 3 is 2.57 bits per heavy atom. The maximum Gasteiger partial charge on any atom is 0.270 e. The molecule has 2 rings (SSSR count). The number of nitro groups is 1. The lowest BCUT2D eigenvalue weighted by Gasteiger charge is -2.04. The van der Waals surface area contributed by atoms with E-state index in [2.05, 4.69) is 15.9 Å². The number of Topliss-reactive ketones (excluding diaryl/α,β-unsaturated/α-hetero) is 1. The summed E-state index contributed by atoms with van der Waals surface area (Å²) in [5, 5.41) is 10.7. The van der Waals surface area contributed by atoms with Gasteiger partial charge in [-0.3, -0.25) is 14.9 Å². The van der Waals surface area contributed by atoms with Crippen LogP contribution in [0.25, 0.3) is 0 Å². The predicted octanol–water partition coefficient (Wildman–Crippen LogP) is 3.76. The van der Waals surface area contributed by atoms with Crippen LogP contribution < -0.4 is 0 Å². The quantitative estimate of drug-likeness (QED) is 0.452. The number of carbonyl (C=O) groups is 1. The average molecular weight is 350 g/mol. The molecule has 0 N–H and O–H groups in total. The number of carbonyl (C=O) groups excluding carboxylic acids is 1. The summed E-state index contributed by atoms with van der Waals surface area (Å²) in [6.45, 7) is 0.200. The first-order valence-electron chi connectivity index (χ1n) is 6.16. The van der Waals surface area contributed by atoms with Crippen molar-refractivity contribution in [2.75, 3.05) is 6.61 Å². The lowest BCUT2D eigenvalue weighted by atomic mass is 10.1. The van der Waals surface area contributed by atoms with Crippen LogP contribution in [-0.4, -0.2) is 17.3 Å². The zero-order chi connectivity index (χ0) is 15.2. The summed E-state index contributed by atoms with van der Waals surface area (Å²) in [5.41, 5.74) is 1.12. The summed E-state index contributed by atoms with van der Waals surface area (Å²) < 4.78 is 6.31. The monoisotopic (exact) mass is 349 g/mol. The van der Waals surface area contributed by atoms with Crippen LogP contribution in [0.1, 0.15) is 15.9 Å². The molecule has 0 fully saturated rings. The lowest BCUT2D eigenvalue weighted by molar-refractivity contribution is -0.384. The molecular weight excluding hydrogens is 338 g/mol. The molecule has 0 bridgehead atoms. The molecule has 0 saturated heterocycles. The van der Waals surface area contributed by atoms with Crippen LogP contribution in [0.2, 0.25) is 0 Å². The van der Waals surface area contributed by atoms with Gasteiger partial charge in [0, 0.05) is 22.2 Å². The molecule has 0 aliphatic heterocycles. The number of ether oxygens (including phenoxy) is 1. The van der Waals surface area contributed by atoms with Gasteiger partial charge in [-0.15, -0.1) is 0 Å². The molecule has 0 aliphatic rings. The normalized spacial score (nSPS) is 10.3. The molecule has 0 heterocycles. The standard InChI is InChI=1S/C15H12BrNO4/c16-13-6-4-11(5-7-13)9-21-10-15(18)12-2-1-3-14(8-12)17(19)20/h1-8H,9-10H2. The summed E-state index contributed by atoms with van der Waals surface area (Å²) in [6, 6.07) is 13.2. The molecule has 0 aliphatic carbocycles. The molecule has 0 saturated carbocycles. The van der Waals surface area contributed by atoms with Crippen LogP contribution >= 0.6 is 15.9 Å². The molecule has 2 aromatic rings. The SMILES string of the molecule is O=C(COCc1ccc(Br)cc1)c1cccc([N+](=O)[O-])c1. The number of nitrogens with zero attached hydrogens (tertiary/aromatic N) is 1. The Morgan fingerprint density at radius 2 is 1.90 bits per heavy atom. The van der Waals surface area contributed by atoms with Gasteiger partial charge in [-0.25, -0.2) is 0 Å². The van der Waals surface area contributed by atoms with Crippen LogP contribution in [0.4, 0.5) is 5.69 Å². The van der Waals surface area contributed by atoms with Gasteiger partial charge in [-0.2, -0.15) is 0 Å². The number of benzene rings is 2. The van der Waals surface area contributed by atoms with Gasteiger partial charge >= 0.3 is 0 Å². The summed E-state index contributed by atoms with van der Waals surface area (Å²) in [6.07, 6.45) is 0. The number of rotatable bonds is 6. The molecule has 0 radical (unpaired) electrons. The maximum absolute atomic E-state index is 11.9. The molecule has 0 unspecified atom stereocenters. The molecule has 6 heteroatoms. The number of halogens is 1. The third-order valence-electron chi connectivity index (χ3n) is 2.79. The number of nitro benzene ring substituents is 1. The van der Waals surface area contributed by atoms with Gasteiger partial charge in [-0.1, -0.05) is 40.2 Å². The topological polar surface area (TPSA) is 69.4 Å². The van der Waals surface area contributed by atoms with E-state index in [1.54, 1.807) is 6.07 Å². The Labute approximate surface area is 129 Å². The number of hydrogen-bond acceptors (Lipinski definition) is 4. The van der Waals surface area contributed by atoms with Crippen LogP contribution in [0.5, 0.6) is 0 Å². The van der Waals surface area contributed by atoms with E-state index in [-0.39, 0.29) is 23.6 Å². The zero-order valence-corrected chi connectivity index (χ0v) is 12.6. The van der Waals surface area contributed by atoms with Crippen molar-refractivity contribution in [3.8, 4) is 0 Å². The van der Waals surface area contributed by atoms with Gasteiger partial charge < -0.3 is 4.74 Å². The fourth-order valence-electron chi connectivity index (χ4n) is 1.72. The van der Waals surface area contributed by atoms with E-state index in [0.717, 1.165) is 10.0 Å². The minimum Gasteiger partial charge on any atom is -0.369 e. The van der Waals surface area contributed by atoms with Crippen molar-refractivity contribution < 1.29 is 14.5 Å². The molecule has 0 atom stereocenters. The van der Waals surface area contributed by atoms with Crippen molar-refractivity contribution in [1.82, 2.24) is 0 Å². The van der Waals surface area contributed by atoms with Gasteiger partial charge in [0.2, 0.25) is 0 Å². The molecule has 0 aromatic heterocycles. The van der Waals surface area contributed by atoms with Crippen molar-refractivity contribution >= 4 is 27.4 Å². The van der Waals surface area contributed by atoms with Crippen molar-refractivity contribution in [2.24, 2.45) is 0 Å². The van der Waals surface area contributed by atoms with Crippen molar-refractivity contribution in [3.63, 3.8) is 0 Å². The van der Waals surface area contributed by atoms with Gasteiger partial charge in [0.05, 0.1) is 11.5 Å². The maximum atomic E-state index is 11.9. The minimum atomic E-state index is -0.528. The van der Waals surface area contributed by atoms with E-state index in [1.165, 1.54) is 18.2 Å². The molecule has 21 heavy (non-hydrogen) atoms.